The van der Waals surface area contributed by atoms with Gasteiger partial charge in [0.05, 0.1) is 18.8 Å². The van der Waals surface area contributed by atoms with Crippen molar-refractivity contribution in [1.29, 1.82) is 5.26 Å². The monoisotopic (exact) mass is 253 g/mol. The van der Waals surface area contributed by atoms with Crippen molar-refractivity contribution in [2.45, 2.75) is 6.42 Å². The lowest BCUT2D eigenvalue weighted by atomic mass is 10.2. The zero-order valence-electron chi connectivity index (χ0n) is 10.1. The SMILES string of the molecule is N#CCc1ccc(OC(=O)/C=C/c2ccco2)cc1. The Bertz CT molecular complexity index is 604. The Morgan fingerprint density at radius 2 is 2.11 bits per heavy atom. The van der Waals surface area contributed by atoms with E-state index in [4.69, 9.17) is 14.4 Å². The van der Waals surface area contributed by atoms with Crippen molar-refractivity contribution in [2.75, 3.05) is 0 Å². The Kier molecular flexibility index (Phi) is 4.14. The number of nitriles is 1. The van der Waals surface area contributed by atoms with Gasteiger partial charge in [0.2, 0.25) is 0 Å². The van der Waals surface area contributed by atoms with E-state index in [0.717, 1.165) is 5.56 Å². The van der Waals surface area contributed by atoms with Gasteiger partial charge in [0.1, 0.15) is 11.5 Å². The molecule has 0 bridgehead atoms. The molecular weight excluding hydrogens is 242 g/mol. The van der Waals surface area contributed by atoms with Crippen molar-refractivity contribution in [3.63, 3.8) is 0 Å². The molecule has 4 nitrogen and oxygen atoms in total. The van der Waals surface area contributed by atoms with E-state index in [1.165, 1.54) is 18.4 Å². The van der Waals surface area contributed by atoms with Crippen LogP contribution in [0.25, 0.3) is 6.08 Å². The van der Waals surface area contributed by atoms with E-state index < -0.39 is 5.97 Å². The molecule has 2 aromatic rings. The van der Waals surface area contributed by atoms with E-state index >= 15 is 0 Å². The van der Waals surface area contributed by atoms with E-state index in [2.05, 4.69) is 6.07 Å². The molecule has 0 aliphatic heterocycles. The smallest absolute Gasteiger partial charge is 0.336 e. The molecule has 0 saturated carbocycles. The van der Waals surface area contributed by atoms with E-state index in [0.29, 0.717) is 17.9 Å². The topological polar surface area (TPSA) is 63.2 Å². The Morgan fingerprint density at radius 3 is 2.74 bits per heavy atom. The van der Waals surface area contributed by atoms with Gasteiger partial charge in [-0.25, -0.2) is 4.79 Å². The van der Waals surface area contributed by atoms with Crippen LogP contribution in [-0.4, -0.2) is 5.97 Å². The van der Waals surface area contributed by atoms with Gasteiger partial charge in [-0.3, -0.25) is 0 Å². The maximum atomic E-state index is 11.5. The summed E-state index contributed by atoms with van der Waals surface area (Å²) in [4.78, 5) is 11.5. The summed E-state index contributed by atoms with van der Waals surface area (Å²) in [5.41, 5.74) is 0.883. The second kappa shape index (κ2) is 6.22. The Hall–Kier alpha value is -2.80. The molecular formula is C15H11NO3. The molecule has 0 N–H and O–H groups in total. The number of furan rings is 1. The first-order chi connectivity index (χ1) is 9.28. The molecule has 4 heteroatoms. The highest BCUT2D eigenvalue weighted by Gasteiger charge is 2.01. The summed E-state index contributed by atoms with van der Waals surface area (Å²) >= 11 is 0. The third kappa shape index (κ3) is 3.86. The van der Waals surface area contributed by atoms with Crippen LogP contribution in [0.15, 0.2) is 53.2 Å². The largest absolute Gasteiger partial charge is 0.465 e. The van der Waals surface area contributed by atoms with Crippen LogP contribution >= 0.6 is 0 Å². The lowest BCUT2D eigenvalue weighted by Gasteiger charge is -2.01. The van der Waals surface area contributed by atoms with Crippen molar-refractivity contribution in [2.24, 2.45) is 0 Å². The van der Waals surface area contributed by atoms with Gasteiger partial charge < -0.3 is 9.15 Å². The normalized spacial score (nSPS) is 10.3. The molecule has 1 heterocycles. The van der Waals surface area contributed by atoms with Crippen LogP contribution in [-0.2, 0) is 11.2 Å². The van der Waals surface area contributed by atoms with Gasteiger partial charge in [-0.1, -0.05) is 12.1 Å². The van der Waals surface area contributed by atoms with Crippen LogP contribution in [0, 0.1) is 11.3 Å². The molecule has 0 aliphatic carbocycles. The third-order valence-electron chi connectivity index (χ3n) is 2.35. The number of ether oxygens (including phenoxy) is 1. The van der Waals surface area contributed by atoms with E-state index in [1.54, 1.807) is 36.4 Å². The molecule has 0 atom stereocenters. The maximum absolute atomic E-state index is 11.5. The number of hydrogen-bond donors (Lipinski definition) is 0. The van der Waals surface area contributed by atoms with Crippen molar-refractivity contribution in [3.8, 4) is 11.8 Å². The second-order valence-electron chi connectivity index (χ2n) is 3.75. The molecule has 0 radical (unpaired) electrons. The fourth-order valence-electron chi connectivity index (χ4n) is 1.45. The molecule has 0 amide bonds. The summed E-state index contributed by atoms with van der Waals surface area (Å²) in [6, 6.07) is 12.3. The third-order valence-corrected chi connectivity index (χ3v) is 2.35. The first-order valence-corrected chi connectivity index (χ1v) is 5.67. The molecule has 2 rings (SSSR count). The molecule has 1 aromatic heterocycles. The van der Waals surface area contributed by atoms with Crippen molar-refractivity contribution in [3.05, 3.63) is 60.1 Å². The standard InChI is InChI=1S/C15H11NO3/c16-10-9-12-3-5-14(6-4-12)19-15(17)8-7-13-2-1-11-18-13/h1-8,11H,9H2/b8-7+. The molecule has 0 spiro atoms. The van der Waals surface area contributed by atoms with Gasteiger partial charge >= 0.3 is 5.97 Å². The van der Waals surface area contributed by atoms with E-state index in [1.807, 2.05) is 0 Å². The minimum absolute atomic E-state index is 0.340. The van der Waals surface area contributed by atoms with Crippen LogP contribution in [0.4, 0.5) is 0 Å². The zero-order chi connectivity index (χ0) is 13.5. The summed E-state index contributed by atoms with van der Waals surface area (Å²) in [5.74, 6) is 0.543. The highest BCUT2D eigenvalue weighted by atomic mass is 16.5. The van der Waals surface area contributed by atoms with Gasteiger partial charge in [0.15, 0.2) is 0 Å². The maximum Gasteiger partial charge on any atom is 0.336 e. The first kappa shape index (κ1) is 12.7. The number of rotatable bonds is 4. The molecule has 0 saturated heterocycles. The summed E-state index contributed by atoms with van der Waals surface area (Å²) in [6.07, 6.45) is 4.69. The predicted octanol–water partition coefficient (Wildman–Crippen LogP) is 2.96. The first-order valence-electron chi connectivity index (χ1n) is 5.67. The lowest BCUT2D eigenvalue weighted by molar-refractivity contribution is -0.128. The minimum Gasteiger partial charge on any atom is -0.465 e. The Labute approximate surface area is 110 Å². The van der Waals surface area contributed by atoms with Gasteiger partial charge in [-0.2, -0.15) is 5.26 Å². The molecule has 0 unspecified atom stereocenters. The molecule has 94 valence electrons. The van der Waals surface area contributed by atoms with E-state index in [9.17, 15) is 4.79 Å². The predicted molar refractivity (Wildman–Crippen MR) is 69.1 cm³/mol. The molecule has 0 aliphatic rings. The number of carbonyl (C=O) groups is 1. The van der Waals surface area contributed by atoms with Gasteiger partial charge in [-0.05, 0) is 35.9 Å². The average Bonchev–Trinajstić information content (AvgIpc) is 2.92. The number of nitrogens with zero attached hydrogens (tertiary/aromatic N) is 1. The number of carbonyl (C=O) groups excluding carboxylic acids is 1. The van der Waals surface area contributed by atoms with Crippen LogP contribution < -0.4 is 4.74 Å². The fraction of sp³-hybridized carbons (Fsp3) is 0.0667. The highest BCUT2D eigenvalue weighted by Crippen LogP contribution is 2.13. The molecule has 0 fully saturated rings. The van der Waals surface area contributed by atoms with Gasteiger partial charge in [-0.15, -0.1) is 0 Å². The van der Waals surface area contributed by atoms with Crippen molar-refractivity contribution >= 4 is 12.0 Å². The number of benzene rings is 1. The van der Waals surface area contributed by atoms with Crippen molar-refractivity contribution in [1.82, 2.24) is 0 Å². The second-order valence-corrected chi connectivity index (χ2v) is 3.75. The number of hydrogen-bond acceptors (Lipinski definition) is 4. The van der Waals surface area contributed by atoms with Crippen LogP contribution in [0.1, 0.15) is 11.3 Å². The lowest BCUT2D eigenvalue weighted by Crippen LogP contribution is -2.03. The quantitative estimate of drug-likeness (QED) is 0.477. The molecule has 19 heavy (non-hydrogen) atoms. The van der Waals surface area contributed by atoms with Crippen LogP contribution in [0.2, 0.25) is 0 Å². The Balaban J connectivity index is 1.93. The van der Waals surface area contributed by atoms with E-state index in [-0.39, 0.29) is 0 Å². The van der Waals surface area contributed by atoms with Gasteiger partial charge in [0, 0.05) is 6.08 Å². The van der Waals surface area contributed by atoms with Crippen LogP contribution in [0.3, 0.4) is 0 Å². The number of esters is 1. The average molecular weight is 253 g/mol. The Morgan fingerprint density at radius 1 is 1.32 bits per heavy atom. The minimum atomic E-state index is -0.482. The zero-order valence-corrected chi connectivity index (χ0v) is 10.1. The summed E-state index contributed by atoms with van der Waals surface area (Å²) in [5, 5.41) is 8.54. The highest BCUT2D eigenvalue weighted by molar-refractivity contribution is 5.88. The summed E-state index contributed by atoms with van der Waals surface area (Å²) in [6.45, 7) is 0. The van der Waals surface area contributed by atoms with Gasteiger partial charge in [0.25, 0.3) is 0 Å². The molecule has 1 aromatic carbocycles. The fourth-order valence-corrected chi connectivity index (χ4v) is 1.45. The van der Waals surface area contributed by atoms with Crippen molar-refractivity contribution < 1.29 is 13.9 Å². The van der Waals surface area contributed by atoms with Crippen LogP contribution in [0.5, 0.6) is 5.75 Å². The summed E-state index contributed by atoms with van der Waals surface area (Å²) in [7, 11) is 0. The summed E-state index contributed by atoms with van der Waals surface area (Å²) < 4.78 is 10.1.